The van der Waals surface area contributed by atoms with E-state index in [1.54, 1.807) is 7.11 Å². The van der Waals surface area contributed by atoms with Crippen molar-refractivity contribution in [3.63, 3.8) is 0 Å². The van der Waals surface area contributed by atoms with Crippen molar-refractivity contribution in [2.24, 2.45) is 0 Å². The molecule has 0 aliphatic heterocycles. The van der Waals surface area contributed by atoms with Crippen molar-refractivity contribution in [3.8, 4) is 0 Å². The smallest absolute Gasteiger partial charge is 0.335 e. The maximum absolute atomic E-state index is 13.4. The normalized spacial score (nSPS) is 22.9. The molecule has 0 bridgehead atoms. The van der Waals surface area contributed by atoms with Crippen LogP contribution in [0.25, 0.3) is 0 Å². The van der Waals surface area contributed by atoms with E-state index in [9.17, 15) is 9.18 Å². The van der Waals surface area contributed by atoms with E-state index >= 15 is 0 Å². The fourth-order valence-electron chi connectivity index (χ4n) is 1.86. The molecule has 0 atom stereocenters. The second kappa shape index (κ2) is 4.71. The van der Waals surface area contributed by atoms with Gasteiger partial charge in [-0.25, -0.2) is 9.18 Å². The summed E-state index contributed by atoms with van der Waals surface area (Å²) in [6.07, 6.45) is 1.85. The van der Waals surface area contributed by atoms with E-state index in [1.165, 1.54) is 12.1 Å². The van der Waals surface area contributed by atoms with Gasteiger partial charge in [0.2, 0.25) is 0 Å². The molecule has 1 fully saturated rings. The summed E-state index contributed by atoms with van der Waals surface area (Å²) in [5, 5.41) is 11.8. The minimum atomic E-state index is -1.06. The fraction of sp³-hybridized carbons (Fsp3) is 0.417. The number of ether oxygens (including phenoxy) is 1. The maximum atomic E-state index is 13.4. The average Bonchev–Trinajstić information content (AvgIpc) is 2.24. The number of hydrogen-bond acceptors (Lipinski definition) is 3. The van der Waals surface area contributed by atoms with E-state index in [0.29, 0.717) is 0 Å². The number of anilines is 1. The number of nitrogens with one attached hydrogen (secondary N) is 1. The molecule has 2 rings (SSSR count). The van der Waals surface area contributed by atoms with Gasteiger partial charge in [-0.1, -0.05) is 0 Å². The quantitative estimate of drug-likeness (QED) is 0.844. The van der Waals surface area contributed by atoms with Crippen LogP contribution in [0.1, 0.15) is 23.2 Å². The van der Waals surface area contributed by atoms with Crippen molar-refractivity contribution >= 4 is 11.7 Å². The monoisotopic (exact) mass is 239 g/mol. The van der Waals surface area contributed by atoms with Crippen LogP contribution in [0.2, 0.25) is 0 Å². The van der Waals surface area contributed by atoms with Gasteiger partial charge in [-0.3, -0.25) is 0 Å². The number of aromatic carboxylic acids is 1. The molecule has 17 heavy (non-hydrogen) atoms. The highest BCUT2D eigenvalue weighted by molar-refractivity contribution is 5.88. The van der Waals surface area contributed by atoms with Crippen molar-refractivity contribution in [2.75, 3.05) is 12.4 Å². The van der Waals surface area contributed by atoms with Crippen LogP contribution in [0.4, 0.5) is 10.1 Å². The molecule has 0 saturated heterocycles. The van der Waals surface area contributed by atoms with Gasteiger partial charge in [0.25, 0.3) is 0 Å². The number of carboxylic acids is 1. The minimum Gasteiger partial charge on any atom is -0.478 e. The zero-order chi connectivity index (χ0) is 12.4. The Morgan fingerprint density at radius 1 is 1.53 bits per heavy atom. The van der Waals surface area contributed by atoms with Gasteiger partial charge in [-0.15, -0.1) is 0 Å². The molecule has 1 saturated carbocycles. The zero-order valence-corrected chi connectivity index (χ0v) is 9.44. The van der Waals surface area contributed by atoms with Crippen LogP contribution in [0, 0.1) is 5.82 Å². The molecule has 4 nitrogen and oxygen atoms in total. The molecule has 1 aromatic carbocycles. The third kappa shape index (κ3) is 2.55. The van der Waals surface area contributed by atoms with E-state index < -0.39 is 11.8 Å². The Balaban J connectivity index is 2.05. The van der Waals surface area contributed by atoms with Crippen LogP contribution in [0.3, 0.4) is 0 Å². The molecular weight excluding hydrogens is 225 g/mol. The number of halogens is 1. The Bertz CT molecular complexity index is 430. The summed E-state index contributed by atoms with van der Waals surface area (Å²) in [4.78, 5) is 10.8. The summed E-state index contributed by atoms with van der Waals surface area (Å²) >= 11 is 0. The van der Waals surface area contributed by atoms with E-state index in [1.807, 2.05) is 0 Å². The summed E-state index contributed by atoms with van der Waals surface area (Å²) in [7, 11) is 1.65. The van der Waals surface area contributed by atoms with Crippen molar-refractivity contribution < 1.29 is 19.0 Å². The SMILES string of the molecule is COC1CC(Nc2cc(C(=O)O)ccc2F)C1. The highest BCUT2D eigenvalue weighted by atomic mass is 19.1. The van der Waals surface area contributed by atoms with Gasteiger partial charge in [0.1, 0.15) is 5.82 Å². The number of rotatable bonds is 4. The van der Waals surface area contributed by atoms with Crippen LogP contribution in [0.5, 0.6) is 0 Å². The lowest BCUT2D eigenvalue weighted by molar-refractivity contribution is 0.0328. The Morgan fingerprint density at radius 3 is 2.82 bits per heavy atom. The molecule has 1 aliphatic carbocycles. The van der Waals surface area contributed by atoms with E-state index in [0.717, 1.165) is 18.9 Å². The molecule has 0 unspecified atom stereocenters. The first kappa shape index (κ1) is 11.9. The van der Waals surface area contributed by atoms with Crippen molar-refractivity contribution in [3.05, 3.63) is 29.6 Å². The fourth-order valence-corrected chi connectivity index (χ4v) is 1.86. The number of carboxylic acid groups (broad SMARTS) is 1. The van der Waals surface area contributed by atoms with E-state index in [2.05, 4.69) is 5.32 Å². The molecule has 1 aliphatic rings. The molecule has 5 heteroatoms. The van der Waals surface area contributed by atoms with Gasteiger partial charge in [0.05, 0.1) is 17.4 Å². The Labute approximate surface area is 98.4 Å². The van der Waals surface area contributed by atoms with Crippen LogP contribution >= 0.6 is 0 Å². The molecule has 0 radical (unpaired) electrons. The van der Waals surface area contributed by atoms with Gasteiger partial charge in [0.15, 0.2) is 0 Å². The molecule has 0 amide bonds. The average molecular weight is 239 g/mol. The van der Waals surface area contributed by atoms with Crippen LogP contribution in [-0.2, 0) is 4.74 Å². The lowest BCUT2D eigenvalue weighted by Crippen LogP contribution is -2.40. The number of methoxy groups -OCH3 is 1. The number of hydrogen-bond donors (Lipinski definition) is 2. The lowest BCUT2D eigenvalue weighted by atomic mass is 9.89. The highest BCUT2D eigenvalue weighted by Crippen LogP contribution is 2.27. The molecule has 92 valence electrons. The minimum absolute atomic E-state index is 0.0801. The second-order valence-corrected chi connectivity index (χ2v) is 4.17. The summed E-state index contributed by atoms with van der Waals surface area (Å²) in [5.41, 5.74) is 0.320. The van der Waals surface area contributed by atoms with Crippen molar-refractivity contribution in [1.29, 1.82) is 0 Å². The molecular formula is C12H14FNO3. The first-order valence-corrected chi connectivity index (χ1v) is 5.42. The summed E-state index contributed by atoms with van der Waals surface area (Å²) in [6.45, 7) is 0. The first-order valence-electron chi connectivity index (χ1n) is 5.42. The third-order valence-corrected chi connectivity index (χ3v) is 3.00. The second-order valence-electron chi connectivity index (χ2n) is 4.17. The zero-order valence-electron chi connectivity index (χ0n) is 9.44. The van der Waals surface area contributed by atoms with Gasteiger partial charge < -0.3 is 15.2 Å². The van der Waals surface area contributed by atoms with E-state index in [-0.39, 0.29) is 23.4 Å². The molecule has 2 N–H and O–H groups in total. The van der Waals surface area contributed by atoms with Gasteiger partial charge in [-0.05, 0) is 31.0 Å². The van der Waals surface area contributed by atoms with Crippen LogP contribution in [-0.4, -0.2) is 30.3 Å². The lowest BCUT2D eigenvalue weighted by Gasteiger charge is -2.35. The van der Waals surface area contributed by atoms with Crippen LogP contribution < -0.4 is 5.32 Å². The standard InChI is InChI=1S/C12H14FNO3/c1-17-9-5-8(6-9)14-11-4-7(12(15)16)2-3-10(11)13/h2-4,8-9,14H,5-6H2,1H3,(H,15,16). The Kier molecular flexibility index (Phi) is 3.28. The summed E-state index contributed by atoms with van der Waals surface area (Å²) < 4.78 is 18.6. The Morgan fingerprint density at radius 2 is 2.24 bits per heavy atom. The molecule has 0 heterocycles. The molecule has 0 spiro atoms. The largest absolute Gasteiger partial charge is 0.478 e. The molecule has 0 aromatic heterocycles. The third-order valence-electron chi connectivity index (χ3n) is 3.00. The highest BCUT2D eigenvalue weighted by Gasteiger charge is 2.29. The van der Waals surface area contributed by atoms with E-state index in [4.69, 9.17) is 9.84 Å². The number of carbonyl (C=O) groups is 1. The van der Waals surface area contributed by atoms with Gasteiger partial charge >= 0.3 is 5.97 Å². The summed E-state index contributed by atoms with van der Waals surface area (Å²) in [6, 6.07) is 3.89. The maximum Gasteiger partial charge on any atom is 0.335 e. The topological polar surface area (TPSA) is 58.6 Å². The predicted octanol–water partition coefficient (Wildman–Crippen LogP) is 2.11. The predicted molar refractivity (Wildman–Crippen MR) is 60.8 cm³/mol. The summed E-state index contributed by atoms with van der Waals surface area (Å²) in [5.74, 6) is -1.49. The Hall–Kier alpha value is -1.62. The molecule has 1 aromatic rings. The van der Waals surface area contributed by atoms with Crippen LogP contribution in [0.15, 0.2) is 18.2 Å². The first-order chi connectivity index (χ1) is 8.10. The van der Waals surface area contributed by atoms with Gasteiger partial charge in [-0.2, -0.15) is 0 Å². The van der Waals surface area contributed by atoms with Gasteiger partial charge in [0, 0.05) is 13.2 Å². The van der Waals surface area contributed by atoms with Crippen molar-refractivity contribution in [1.82, 2.24) is 0 Å². The van der Waals surface area contributed by atoms with Crippen molar-refractivity contribution in [2.45, 2.75) is 25.0 Å². The number of benzene rings is 1.